The van der Waals surface area contributed by atoms with Crippen LogP contribution in [0, 0.1) is 16.7 Å². The summed E-state index contributed by atoms with van der Waals surface area (Å²) in [7, 11) is 0. The van der Waals surface area contributed by atoms with Crippen molar-refractivity contribution in [3.63, 3.8) is 0 Å². The minimum Gasteiger partial charge on any atom is -0.481 e. The summed E-state index contributed by atoms with van der Waals surface area (Å²) in [4.78, 5) is 19.9. The summed E-state index contributed by atoms with van der Waals surface area (Å²) in [5, 5.41) is 10.0. The van der Waals surface area contributed by atoms with Crippen LogP contribution in [0.2, 0.25) is 0 Å². The molecule has 0 spiro atoms. The second-order valence-corrected chi connectivity index (χ2v) is 10.5. The van der Waals surface area contributed by atoms with E-state index in [0.29, 0.717) is 25.5 Å². The topological polar surface area (TPSA) is 62.7 Å². The highest BCUT2D eigenvalue weighted by atomic mass is 79.9. The molecule has 2 heterocycles. The average Bonchev–Trinajstić information content (AvgIpc) is 2.91. The molecule has 1 aliphatic rings. The Morgan fingerprint density at radius 1 is 1.56 bits per heavy atom. The monoisotopic (exact) mass is 432 g/mol. The Bertz CT molecular complexity index is 587. The highest BCUT2D eigenvalue weighted by Crippen LogP contribution is 2.42. The third-order valence-electron chi connectivity index (χ3n) is 4.95. The third-order valence-corrected chi connectivity index (χ3v) is 6.41. The van der Waals surface area contributed by atoms with Crippen molar-refractivity contribution in [1.82, 2.24) is 9.88 Å². The molecule has 0 radical (unpaired) electrons. The number of hydrogen-bond donors (Lipinski definition) is 1. The van der Waals surface area contributed by atoms with E-state index in [0.717, 1.165) is 28.3 Å². The summed E-state index contributed by atoms with van der Waals surface area (Å²) in [5.41, 5.74) is -0.786. The van der Waals surface area contributed by atoms with E-state index in [-0.39, 0.29) is 12.0 Å². The lowest BCUT2D eigenvalue weighted by Gasteiger charge is -2.47. The van der Waals surface area contributed by atoms with Crippen LogP contribution in [0.3, 0.4) is 0 Å². The quantitative estimate of drug-likeness (QED) is 0.651. The molecule has 0 aliphatic carbocycles. The predicted octanol–water partition coefficient (Wildman–Crippen LogP) is 4.27. The first kappa shape index (κ1) is 20.8. The lowest BCUT2D eigenvalue weighted by molar-refractivity contribution is -0.162. The highest BCUT2D eigenvalue weighted by Gasteiger charge is 2.48. The van der Waals surface area contributed by atoms with Gasteiger partial charge in [-0.05, 0) is 40.1 Å². The summed E-state index contributed by atoms with van der Waals surface area (Å²) < 4.78 is 6.59. The van der Waals surface area contributed by atoms with Gasteiger partial charge in [0.15, 0.2) is 3.92 Å². The van der Waals surface area contributed by atoms with Crippen LogP contribution >= 0.6 is 27.3 Å². The number of piperidine rings is 1. The summed E-state index contributed by atoms with van der Waals surface area (Å²) >= 11 is 5.01. The molecule has 1 aromatic rings. The normalized spacial score (nSPS) is 25.2. The maximum Gasteiger partial charge on any atom is 0.313 e. The van der Waals surface area contributed by atoms with Gasteiger partial charge in [-0.25, -0.2) is 4.98 Å². The number of hydrogen-bond acceptors (Lipinski definition) is 5. The zero-order valence-corrected chi connectivity index (χ0v) is 18.0. The van der Waals surface area contributed by atoms with Crippen LogP contribution in [0.15, 0.2) is 10.1 Å². The van der Waals surface area contributed by atoms with E-state index in [4.69, 9.17) is 4.74 Å². The van der Waals surface area contributed by atoms with E-state index < -0.39 is 11.4 Å². The van der Waals surface area contributed by atoms with Gasteiger partial charge in [-0.3, -0.25) is 9.69 Å². The number of aromatic nitrogens is 1. The molecule has 1 saturated heterocycles. The molecule has 0 amide bonds. The molecule has 1 aliphatic heterocycles. The number of thiazole rings is 1. The Kier molecular flexibility index (Phi) is 7.04. The van der Waals surface area contributed by atoms with Crippen molar-refractivity contribution in [1.29, 1.82) is 0 Å². The van der Waals surface area contributed by atoms with Gasteiger partial charge in [-0.15, -0.1) is 11.3 Å². The van der Waals surface area contributed by atoms with Crippen LogP contribution in [0.1, 0.15) is 45.4 Å². The molecule has 0 saturated carbocycles. The van der Waals surface area contributed by atoms with E-state index in [9.17, 15) is 9.90 Å². The molecule has 2 atom stereocenters. The summed E-state index contributed by atoms with van der Waals surface area (Å²) in [6.45, 7) is 11.7. The zero-order chi connectivity index (χ0) is 18.7. The van der Waals surface area contributed by atoms with Crippen molar-refractivity contribution < 1.29 is 14.6 Å². The Hall–Kier alpha value is -0.500. The fourth-order valence-electron chi connectivity index (χ4n) is 3.42. The molecule has 1 N–H and O–H groups in total. The van der Waals surface area contributed by atoms with Gasteiger partial charge in [-0.1, -0.05) is 27.7 Å². The van der Waals surface area contributed by atoms with Gasteiger partial charge in [0, 0.05) is 37.3 Å². The molecule has 0 bridgehead atoms. The average molecular weight is 433 g/mol. The fraction of sp³-hybridized carbons (Fsp3) is 0.778. The van der Waals surface area contributed by atoms with Crippen LogP contribution in [0.4, 0.5) is 0 Å². The molecule has 25 heavy (non-hydrogen) atoms. The van der Waals surface area contributed by atoms with Crippen molar-refractivity contribution in [2.24, 2.45) is 16.7 Å². The predicted molar refractivity (Wildman–Crippen MR) is 104 cm³/mol. The minimum absolute atomic E-state index is 0.0540. The van der Waals surface area contributed by atoms with Crippen molar-refractivity contribution in [2.75, 3.05) is 26.3 Å². The van der Waals surface area contributed by atoms with Crippen LogP contribution in [0.25, 0.3) is 0 Å². The van der Waals surface area contributed by atoms with E-state index in [2.05, 4.69) is 46.6 Å². The van der Waals surface area contributed by atoms with Gasteiger partial charge >= 0.3 is 5.97 Å². The maximum atomic E-state index is 12.2. The third kappa shape index (κ3) is 5.49. The number of carboxylic acids is 1. The van der Waals surface area contributed by atoms with Crippen LogP contribution in [0.5, 0.6) is 0 Å². The highest BCUT2D eigenvalue weighted by molar-refractivity contribution is 9.11. The number of rotatable bonds is 7. The van der Waals surface area contributed by atoms with Gasteiger partial charge in [0.25, 0.3) is 0 Å². The van der Waals surface area contributed by atoms with Crippen molar-refractivity contribution >= 4 is 33.2 Å². The number of likely N-dealkylation sites (tertiary alicyclic amines) is 1. The molecule has 2 rings (SSSR count). The summed E-state index contributed by atoms with van der Waals surface area (Å²) in [6.07, 6.45) is 3.43. The van der Waals surface area contributed by atoms with Gasteiger partial charge < -0.3 is 9.84 Å². The molecule has 142 valence electrons. The van der Waals surface area contributed by atoms with Crippen molar-refractivity contribution in [3.8, 4) is 0 Å². The molecule has 1 aromatic heterocycles. The Morgan fingerprint density at radius 2 is 2.28 bits per heavy atom. The maximum absolute atomic E-state index is 12.2. The standard InChI is InChI=1S/C18H29BrN2O3S/c1-5-6-24-12-18(15(22)23)7-13(17(2,3)4)9-21(11-18)10-14-8-20-16(19)25-14/h8,13H,5-7,9-12H2,1-4H3,(H,22,23)/t13-,18-/m1/s1. The lowest BCUT2D eigenvalue weighted by atomic mass is 9.67. The number of aliphatic carboxylic acids is 1. The number of nitrogens with zero attached hydrogens (tertiary/aromatic N) is 2. The fourth-order valence-corrected chi connectivity index (χ4v) is 4.82. The first-order chi connectivity index (χ1) is 11.7. The molecular weight excluding hydrogens is 404 g/mol. The zero-order valence-electron chi connectivity index (χ0n) is 15.5. The van der Waals surface area contributed by atoms with Gasteiger partial charge in [0.1, 0.15) is 5.41 Å². The summed E-state index contributed by atoms with van der Waals surface area (Å²) in [5.74, 6) is -0.438. The number of halogens is 1. The van der Waals surface area contributed by atoms with Gasteiger partial charge in [0.05, 0.1) is 6.61 Å². The SMILES string of the molecule is CCCOC[C@@]1(C(=O)O)C[C@@H](C(C)(C)C)CN(Cc2cnc(Br)s2)C1. The Balaban J connectivity index is 2.22. The van der Waals surface area contributed by atoms with Gasteiger partial charge in [0.2, 0.25) is 0 Å². The van der Waals surface area contributed by atoms with Gasteiger partial charge in [-0.2, -0.15) is 0 Å². The van der Waals surface area contributed by atoms with Crippen LogP contribution < -0.4 is 0 Å². The van der Waals surface area contributed by atoms with E-state index in [1.54, 1.807) is 11.3 Å². The van der Waals surface area contributed by atoms with Crippen molar-refractivity contribution in [3.05, 3.63) is 15.0 Å². The second-order valence-electron chi connectivity index (χ2n) is 8.15. The first-order valence-electron chi connectivity index (χ1n) is 8.80. The van der Waals surface area contributed by atoms with E-state index in [1.165, 1.54) is 0 Å². The number of carbonyl (C=O) groups is 1. The Labute approximate surface area is 162 Å². The van der Waals surface area contributed by atoms with Crippen molar-refractivity contribution in [2.45, 2.75) is 47.1 Å². The Morgan fingerprint density at radius 3 is 2.80 bits per heavy atom. The lowest BCUT2D eigenvalue weighted by Crippen LogP contribution is -2.55. The van der Waals surface area contributed by atoms with E-state index in [1.807, 2.05) is 13.1 Å². The molecule has 1 fully saturated rings. The van der Waals surface area contributed by atoms with Crippen LogP contribution in [-0.2, 0) is 16.1 Å². The minimum atomic E-state index is -0.840. The molecular formula is C18H29BrN2O3S. The first-order valence-corrected chi connectivity index (χ1v) is 10.4. The van der Waals surface area contributed by atoms with Crippen LogP contribution in [-0.4, -0.2) is 47.3 Å². The molecule has 0 unspecified atom stereocenters. The molecule has 0 aromatic carbocycles. The number of ether oxygens (including phenoxy) is 1. The molecule has 7 heteroatoms. The molecule has 5 nitrogen and oxygen atoms in total. The second kappa shape index (κ2) is 8.46. The number of carboxylic acid groups (broad SMARTS) is 1. The smallest absolute Gasteiger partial charge is 0.313 e. The summed E-state index contributed by atoms with van der Waals surface area (Å²) in [6, 6.07) is 0. The largest absolute Gasteiger partial charge is 0.481 e. The van der Waals surface area contributed by atoms with E-state index >= 15 is 0 Å².